The third-order valence-electron chi connectivity index (χ3n) is 4.31. The lowest BCUT2D eigenvalue weighted by atomic mass is 9.95. The Hall–Kier alpha value is -2.82. The van der Waals surface area contributed by atoms with Crippen molar-refractivity contribution >= 4 is 11.9 Å². The van der Waals surface area contributed by atoms with Crippen molar-refractivity contribution in [1.29, 1.82) is 0 Å². The molecule has 2 aromatic carbocycles. The van der Waals surface area contributed by atoms with Crippen molar-refractivity contribution in [3.63, 3.8) is 0 Å². The zero-order valence-corrected chi connectivity index (χ0v) is 16.2. The molecule has 0 aromatic heterocycles. The van der Waals surface area contributed by atoms with Gasteiger partial charge in [-0.3, -0.25) is 4.79 Å². The van der Waals surface area contributed by atoms with E-state index in [0.717, 1.165) is 22.4 Å². The number of para-hydroxylation sites is 1. The Morgan fingerprint density at radius 3 is 2.44 bits per heavy atom. The normalized spacial score (nSPS) is 14.0. The van der Waals surface area contributed by atoms with Crippen molar-refractivity contribution in [1.82, 2.24) is 4.90 Å². The highest BCUT2D eigenvalue weighted by Crippen LogP contribution is 2.37. The minimum Gasteiger partial charge on any atom is -0.491 e. The summed E-state index contributed by atoms with van der Waals surface area (Å²) in [6.45, 7) is 8.33. The quantitative estimate of drug-likeness (QED) is 0.723. The first-order valence-electron chi connectivity index (χ1n) is 9.09. The summed E-state index contributed by atoms with van der Waals surface area (Å²) in [6, 6.07) is 13.3. The van der Waals surface area contributed by atoms with Crippen LogP contribution in [0.3, 0.4) is 0 Å². The lowest BCUT2D eigenvalue weighted by Gasteiger charge is -2.26. The summed E-state index contributed by atoms with van der Waals surface area (Å²) in [5, 5.41) is 0. The van der Waals surface area contributed by atoms with Gasteiger partial charge in [0.2, 0.25) is 0 Å². The summed E-state index contributed by atoms with van der Waals surface area (Å²) in [7, 11) is 0. The van der Waals surface area contributed by atoms with Crippen LogP contribution in [0.25, 0.3) is 11.1 Å². The summed E-state index contributed by atoms with van der Waals surface area (Å²) in [5.41, 5.74) is 2.71. The number of benzene rings is 2. The lowest BCUT2D eigenvalue weighted by Crippen LogP contribution is -2.37. The number of hydrogen-bond acceptors (Lipinski definition) is 4. The van der Waals surface area contributed by atoms with Crippen LogP contribution in [0.4, 0.5) is 4.79 Å². The Bertz CT molecular complexity index is 867. The highest BCUT2D eigenvalue weighted by molar-refractivity contribution is 6.01. The number of ketones is 1. The molecule has 0 saturated heterocycles. The van der Waals surface area contributed by atoms with Gasteiger partial charge in [-0.05, 0) is 33.3 Å². The zero-order chi connectivity index (χ0) is 19.6. The van der Waals surface area contributed by atoms with Gasteiger partial charge in [0.25, 0.3) is 0 Å². The van der Waals surface area contributed by atoms with Crippen LogP contribution in [-0.4, -0.2) is 35.5 Å². The van der Waals surface area contributed by atoms with Crippen molar-refractivity contribution in [2.75, 3.05) is 13.2 Å². The van der Waals surface area contributed by atoms with Gasteiger partial charge in [-0.25, -0.2) is 4.79 Å². The molecule has 0 N–H and O–H groups in total. The van der Waals surface area contributed by atoms with Crippen LogP contribution in [0.1, 0.15) is 43.6 Å². The molecule has 0 unspecified atom stereocenters. The fourth-order valence-electron chi connectivity index (χ4n) is 3.14. The fourth-order valence-corrected chi connectivity index (χ4v) is 3.14. The molecule has 0 atom stereocenters. The molecule has 5 heteroatoms. The van der Waals surface area contributed by atoms with E-state index in [4.69, 9.17) is 9.47 Å². The van der Waals surface area contributed by atoms with Gasteiger partial charge in [0.05, 0.1) is 13.1 Å². The zero-order valence-electron chi connectivity index (χ0n) is 16.2. The third-order valence-corrected chi connectivity index (χ3v) is 4.31. The minimum absolute atomic E-state index is 0.00667. The molecule has 0 bridgehead atoms. The number of Topliss-reactive ketones (excluding diaryl/α,β-unsaturated/α-hetero) is 1. The van der Waals surface area contributed by atoms with Crippen molar-refractivity contribution in [2.24, 2.45) is 0 Å². The second-order valence-electron chi connectivity index (χ2n) is 7.65. The molecule has 0 fully saturated rings. The van der Waals surface area contributed by atoms with Crippen LogP contribution in [0.5, 0.6) is 5.75 Å². The Labute approximate surface area is 159 Å². The van der Waals surface area contributed by atoms with Gasteiger partial charge in [-0.2, -0.15) is 0 Å². The SMILES string of the molecule is CC(=O)c1ccccc1-c1cccc2c1OCCN(C(=O)OC(C)(C)C)C2. The smallest absolute Gasteiger partial charge is 0.410 e. The summed E-state index contributed by atoms with van der Waals surface area (Å²) < 4.78 is 11.5. The maximum absolute atomic E-state index is 12.5. The summed E-state index contributed by atoms with van der Waals surface area (Å²) in [4.78, 5) is 26.2. The number of carbonyl (C=O) groups is 2. The Kier molecular flexibility index (Phi) is 5.22. The lowest BCUT2D eigenvalue weighted by molar-refractivity contribution is 0.0225. The van der Waals surface area contributed by atoms with E-state index in [2.05, 4.69) is 0 Å². The Morgan fingerprint density at radius 1 is 1.04 bits per heavy atom. The fraction of sp³-hybridized carbons (Fsp3) is 0.364. The van der Waals surface area contributed by atoms with Crippen LogP contribution in [0.2, 0.25) is 0 Å². The van der Waals surface area contributed by atoms with E-state index < -0.39 is 5.60 Å². The number of ether oxygens (including phenoxy) is 2. The van der Waals surface area contributed by atoms with Gasteiger partial charge in [0.15, 0.2) is 5.78 Å². The molecular formula is C22H25NO4. The minimum atomic E-state index is -0.546. The van der Waals surface area contributed by atoms with E-state index in [1.54, 1.807) is 11.8 Å². The maximum atomic E-state index is 12.5. The molecule has 5 nitrogen and oxygen atoms in total. The second-order valence-corrected chi connectivity index (χ2v) is 7.65. The number of amides is 1. The van der Waals surface area contributed by atoms with Crippen LogP contribution in [0, 0.1) is 0 Å². The summed E-state index contributed by atoms with van der Waals surface area (Å²) in [5.74, 6) is 0.726. The van der Waals surface area contributed by atoms with Crippen LogP contribution >= 0.6 is 0 Å². The Morgan fingerprint density at radius 2 is 1.74 bits per heavy atom. The highest BCUT2D eigenvalue weighted by atomic mass is 16.6. The molecule has 0 saturated carbocycles. The first-order valence-corrected chi connectivity index (χ1v) is 9.09. The van der Waals surface area contributed by atoms with Gasteiger partial charge in [-0.15, -0.1) is 0 Å². The van der Waals surface area contributed by atoms with E-state index in [0.29, 0.717) is 25.3 Å². The topological polar surface area (TPSA) is 55.8 Å². The molecule has 1 aliphatic rings. The molecule has 1 heterocycles. The summed E-state index contributed by atoms with van der Waals surface area (Å²) >= 11 is 0. The monoisotopic (exact) mass is 367 g/mol. The summed E-state index contributed by atoms with van der Waals surface area (Å²) in [6.07, 6.45) is -0.353. The third kappa shape index (κ3) is 4.30. The first kappa shape index (κ1) is 19.0. The van der Waals surface area contributed by atoms with Crippen molar-refractivity contribution in [2.45, 2.75) is 39.8 Å². The average Bonchev–Trinajstić information content (AvgIpc) is 2.82. The molecule has 0 spiro atoms. The maximum Gasteiger partial charge on any atom is 0.410 e. The van der Waals surface area contributed by atoms with Crippen LogP contribution in [0.15, 0.2) is 42.5 Å². The molecule has 1 aliphatic heterocycles. The number of rotatable bonds is 2. The van der Waals surface area contributed by atoms with Gasteiger partial charge < -0.3 is 14.4 Å². The molecule has 2 aromatic rings. The predicted octanol–water partition coefficient (Wildman–Crippen LogP) is 4.69. The van der Waals surface area contributed by atoms with Crippen molar-refractivity contribution in [3.05, 3.63) is 53.6 Å². The van der Waals surface area contributed by atoms with Gasteiger partial charge >= 0.3 is 6.09 Å². The van der Waals surface area contributed by atoms with Gasteiger partial charge in [0.1, 0.15) is 18.0 Å². The Balaban J connectivity index is 1.97. The second kappa shape index (κ2) is 7.43. The molecule has 0 radical (unpaired) electrons. The average molecular weight is 367 g/mol. The van der Waals surface area contributed by atoms with Crippen LogP contribution < -0.4 is 4.74 Å². The van der Waals surface area contributed by atoms with E-state index in [-0.39, 0.29) is 11.9 Å². The van der Waals surface area contributed by atoms with Crippen molar-refractivity contribution < 1.29 is 19.1 Å². The standard InChI is InChI=1S/C22H25NO4/c1-15(24)17-9-5-6-10-18(17)19-11-7-8-16-14-23(12-13-26-20(16)19)21(25)27-22(2,3)4/h5-11H,12-14H2,1-4H3. The van der Waals surface area contributed by atoms with E-state index in [9.17, 15) is 9.59 Å². The van der Waals surface area contributed by atoms with Crippen molar-refractivity contribution in [3.8, 4) is 16.9 Å². The molecule has 142 valence electrons. The molecular weight excluding hydrogens is 342 g/mol. The molecule has 0 aliphatic carbocycles. The highest BCUT2D eigenvalue weighted by Gasteiger charge is 2.26. The molecule has 27 heavy (non-hydrogen) atoms. The number of fused-ring (bicyclic) bond motifs is 1. The van der Waals surface area contributed by atoms with Gasteiger partial charge in [-0.1, -0.05) is 42.5 Å². The first-order chi connectivity index (χ1) is 12.8. The van der Waals surface area contributed by atoms with E-state index >= 15 is 0 Å². The predicted molar refractivity (Wildman–Crippen MR) is 104 cm³/mol. The largest absolute Gasteiger partial charge is 0.491 e. The van der Waals surface area contributed by atoms with Crippen LogP contribution in [-0.2, 0) is 11.3 Å². The number of carbonyl (C=O) groups excluding carboxylic acids is 2. The van der Waals surface area contributed by atoms with E-state index in [1.807, 2.05) is 63.2 Å². The van der Waals surface area contributed by atoms with E-state index in [1.165, 1.54) is 0 Å². The number of nitrogens with zero attached hydrogens (tertiary/aromatic N) is 1. The molecule has 1 amide bonds. The number of hydrogen-bond donors (Lipinski definition) is 0. The van der Waals surface area contributed by atoms with Gasteiger partial charge in [0, 0.05) is 16.7 Å². The molecule has 3 rings (SSSR count).